The van der Waals surface area contributed by atoms with E-state index in [-0.39, 0.29) is 11.5 Å². The molecule has 1 aromatic carbocycles. The highest BCUT2D eigenvalue weighted by molar-refractivity contribution is 7.89. The van der Waals surface area contributed by atoms with Gasteiger partial charge in [0.1, 0.15) is 12.4 Å². The highest BCUT2D eigenvalue weighted by atomic mass is 32.2. The molecule has 0 unspecified atom stereocenters. The molecule has 0 saturated carbocycles. The second-order valence-electron chi connectivity index (χ2n) is 6.95. The number of rotatable bonds is 5. The molecule has 6 nitrogen and oxygen atoms in total. The molecule has 140 valence electrons. The van der Waals surface area contributed by atoms with Crippen molar-refractivity contribution in [2.45, 2.75) is 31.8 Å². The third-order valence-corrected chi connectivity index (χ3v) is 6.33. The molecule has 2 atom stereocenters. The molecular weight excluding hydrogens is 354 g/mol. The minimum absolute atomic E-state index is 0.0371. The first-order chi connectivity index (χ1) is 12.4. The molecule has 0 N–H and O–H groups in total. The van der Waals surface area contributed by atoms with E-state index in [4.69, 9.17) is 9.15 Å². The van der Waals surface area contributed by atoms with E-state index in [9.17, 15) is 13.2 Å². The third-order valence-electron chi connectivity index (χ3n) is 4.49. The van der Waals surface area contributed by atoms with E-state index < -0.39 is 16.0 Å². The van der Waals surface area contributed by atoms with E-state index in [1.54, 1.807) is 12.1 Å². The first-order valence-corrected chi connectivity index (χ1v) is 10.1. The Morgan fingerprint density at radius 3 is 2.38 bits per heavy atom. The predicted molar refractivity (Wildman–Crippen MR) is 96.0 cm³/mol. The number of ether oxygens (including phenoxy) is 1. The van der Waals surface area contributed by atoms with Gasteiger partial charge in [-0.2, -0.15) is 4.31 Å². The van der Waals surface area contributed by atoms with Crippen LogP contribution in [0, 0.1) is 11.8 Å². The van der Waals surface area contributed by atoms with Gasteiger partial charge in [0.05, 0.1) is 16.7 Å². The van der Waals surface area contributed by atoms with Crippen molar-refractivity contribution in [2.75, 3.05) is 13.1 Å². The van der Waals surface area contributed by atoms with E-state index in [1.165, 1.54) is 34.8 Å². The summed E-state index contributed by atoms with van der Waals surface area (Å²) in [5, 5.41) is 0. The van der Waals surface area contributed by atoms with Crippen LogP contribution in [0.5, 0.6) is 0 Å². The lowest BCUT2D eigenvalue weighted by Gasteiger charge is -2.34. The smallest absolute Gasteiger partial charge is 0.338 e. The van der Waals surface area contributed by atoms with Crippen LogP contribution in [0.1, 0.15) is 36.4 Å². The molecule has 1 saturated heterocycles. The standard InChI is InChI=1S/C19H23NO5S/c1-14-10-15(2)12-20(11-14)26(22,23)18-7-5-16(6-8-18)19(21)25-13-17-4-3-9-24-17/h3-9,14-15H,10-13H2,1-2H3/t14-,15-/m0/s1. The quantitative estimate of drug-likeness (QED) is 0.747. The fraction of sp³-hybridized carbons (Fsp3) is 0.421. The molecule has 1 aliphatic rings. The van der Waals surface area contributed by atoms with Gasteiger partial charge in [-0.25, -0.2) is 13.2 Å². The normalized spacial score (nSPS) is 21.5. The van der Waals surface area contributed by atoms with Gasteiger partial charge in [-0.05, 0) is 54.7 Å². The summed E-state index contributed by atoms with van der Waals surface area (Å²) in [5.74, 6) is 0.699. The average molecular weight is 377 g/mol. The number of hydrogen-bond acceptors (Lipinski definition) is 5. The van der Waals surface area contributed by atoms with Crippen molar-refractivity contribution in [1.82, 2.24) is 4.31 Å². The number of benzene rings is 1. The monoisotopic (exact) mass is 377 g/mol. The van der Waals surface area contributed by atoms with E-state index in [0.29, 0.717) is 36.2 Å². The molecule has 1 aromatic heterocycles. The van der Waals surface area contributed by atoms with Gasteiger partial charge in [0.25, 0.3) is 0 Å². The summed E-state index contributed by atoms with van der Waals surface area (Å²) in [7, 11) is -3.55. The van der Waals surface area contributed by atoms with Crippen molar-refractivity contribution in [3.05, 3.63) is 54.0 Å². The molecule has 0 bridgehead atoms. The Hall–Kier alpha value is -2.12. The predicted octanol–water partition coefficient (Wildman–Crippen LogP) is 3.30. The van der Waals surface area contributed by atoms with Crippen molar-refractivity contribution in [3.63, 3.8) is 0 Å². The van der Waals surface area contributed by atoms with Gasteiger partial charge in [-0.1, -0.05) is 13.8 Å². The number of hydrogen-bond donors (Lipinski definition) is 0. The number of piperidine rings is 1. The van der Waals surface area contributed by atoms with Crippen LogP contribution >= 0.6 is 0 Å². The van der Waals surface area contributed by atoms with E-state index >= 15 is 0 Å². The molecule has 0 amide bonds. The first-order valence-electron chi connectivity index (χ1n) is 8.66. The average Bonchev–Trinajstić information content (AvgIpc) is 3.12. The second kappa shape index (κ2) is 7.63. The molecule has 0 aliphatic carbocycles. The summed E-state index contributed by atoms with van der Waals surface area (Å²) in [5.41, 5.74) is 0.302. The fourth-order valence-electron chi connectivity index (χ4n) is 3.33. The van der Waals surface area contributed by atoms with Crippen LogP contribution in [-0.4, -0.2) is 31.8 Å². The minimum Gasteiger partial charge on any atom is -0.466 e. The molecule has 0 radical (unpaired) electrons. The molecule has 3 rings (SSSR count). The maximum Gasteiger partial charge on any atom is 0.338 e. The summed E-state index contributed by atoms with van der Waals surface area (Å²) in [6.07, 6.45) is 2.54. The molecule has 26 heavy (non-hydrogen) atoms. The molecule has 2 heterocycles. The van der Waals surface area contributed by atoms with Crippen LogP contribution in [0.25, 0.3) is 0 Å². The largest absolute Gasteiger partial charge is 0.466 e. The zero-order chi connectivity index (χ0) is 18.7. The Kier molecular flexibility index (Phi) is 5.48. The van der Waals surface area contributed by atoms with Gasteiger partial charge in [0, 0.05) is 13.1 Å². The first kappa shape index (κ1) is 18.7. The van der Waals surface area contributed by atoms with Gasteiger partial charge in [0.2, 0.25) is 10.0 Å². The topological polar surface area (TPSA) is 76.8 Å². The van der Waals surface area contributed by atoms with Crippen LogP contribution in [0.2, 0.25) is 0 Å². The number of furan rings is 1. The van der Waals surface area contributed by atoms with Gasteiger partial charge in [-0.15, -0.1) is 0 Å². The fourth-order valence-corrected chi connectivity index (χ4v) is 5.01. The zero-order valence-corrected chi connectivity index (χ0v) is 15.7. The Balaban J connectivity index is 1.69. The Bertz CT molecular complexity index is 833. The molecule has 1 fully saturated rings. The maximum absolute atomic E-state index is 12.8. The number of carbonyl (C=O) groups excluding carboxylic acids is 1. The second-order valence-corrected chi connectivity index (χ2v) is 8.89. The van der Waals surface area contributed by atoms with Crippen molar-refractivity contribution in [1.29, 1.82) is 0 Å². The van der Waals surface area contributed by atoms with Crippen molar-refractivity contribution in [3.8, 4) is 0 Å². The lowest BCUT2D eigenvalue weighted by atomic mass is 9.94. The third kappa shape index (κ3) is 4.16. The highest BCUT2D eigenvalue weighted by Crippen LogP contribution is 2.26. The SMILES string of the molecule is C[C@H]1C[C@H](C)CN(S(=O)(=O)c2ccc(C(=O)OCc3ccco3)cc2)C1. The summed E-state index contributed by atoms with van der Waals surface area (Å²) < 4.78 is 37.5. The Morgan fingerprint density at radius 1 is 1.15 bits per heavy atom. The van der Waals surface area contributed by atoms with Crippen LogP contribution in [0.4, 0.5) is 0 Å². The lowest BCUT2D eigenvalue weighted by molar-refractivity contribution is 0.0445. The van der Waals surface area contributed by atoms with E-state index in [0.717, 1.165) is 6.42 Å². The van der Waals surface area contributed by atoms with Gasteiger partial charge >= 0.3 is 5.97 Å². The van der Waals surface area contributed by atoms with E-state index in [2.05, 4.69) is 13.8 Å². The summed E-state index contributed by atoms with van der Waals surface area (Å²) in [4.78, 5) is 12.3. The highest BCUT2D eigenvalue weighted by Gasteiger charge is 2.31. The Morgan fingerprint density at radius 2 is 1.81 bits per heavy atom. The number of nitrogens with zero attached hydrogens (tertiary/aromatic N) is 1. The van der Waals surface area contributed by atoms with Crippen molar-refractivity contribution >= 4 is 16.0 Å². The van der Waals surface area contributed by atoms with Gasteiger partial charge < -0.3 is 9.15 Å². The lowest BCUT2D eigenvalue weighted by Crippen LogP contribution is -2.42. The maximum atomic E-state index is 12.8. The molecule has 1 aliphatic heterocycles. The van der Waals surface area contributed by atoms with Crippen LogP contribution in [-0.2, 0) is 21.4 Å². The Labute approximate surface area is 153 Å². The summed E-state index contributed by atoms with van der Waals surface area (Å²) in [6.45, 7) is 5.22. The molecule has 0 spiro atoms. The van der Waals surface area contributed by atoms with Crippen molar-refractivity contribution < 1.29 is 22.4 Å². The van der Waals surface area contributed by atoms with Crippen LogP contribution in [0.15, 0.2) is 52.0 Å². The van der Waals surface area contributed by atoms with Crippen molar-refractivity contribution in [2.24, 2.45) is 11.8 Å². The molecule has 7 heteroatoms. The number of carbonyl (C=O) groups is 1. The number of sulfonamides is 1. The summed E-state index contributed by atoms with van der Waals surface area (Å²) >= 11 is 0. The number of esters is 1. The van der Waals surface area contributed by atoms with Crippen LogP contribution in [0.3, 0.4) is 0 Å². The van der Waals surface area contributed by atoms with Crippen LogP contribution < -0.4 is 0 Å². The molecular formula is C19H23NO5S. The van der Waals surface area contributed by atoms with Gasteiger partial charge in [0.15, 0.2) is 0 Å². The minimum atomic E-state index is -3.55. The zero-order valence-electron chi connectivity index (χ0n) is 14.9. The van der Waals surface area contributed by atoms with E-state index in [1.807, 2.05) is 0 Å². The molecule has 2 aromatic rings. The van der Waals surface area contributed by atoms with Gasteiger partial charge in [-0.3, -0.25) is 0 Å². The summed E-state index contributed by atoms with van der Waals surface area (Å²) in [6, 6.07) is 9.31.